The largest absolute Gasteiger partial charge is 0.466 e. The molecule has 0 aromatic heterocycles. The second-order valence-electron chi connectivity index (χ2n) is 7.19. The van der Waals surface area contributed by atoms with E-state index in [9.17, 15) is 9.59 Å². The third-order valence-electron chi connectivity index (χ3n) is 4.52. The van der Waals surface area contributed by atoms with Crippen molar-refractivity contribution in [1.29, 1.82) is 0 Å². The van der Waals surface area contributed by atoms with Crippen LogP contribution in [0, 0.1) is 6.92 Å². The maximum Gasteiger partial charge on any atom is 0.311 e. The monoisotopic (exact) mass is 376 g/mol. The minimum absolute atomic E-state index is 0.0464. The molecule has 4 heteroatoms. The number of carbonyl (C=O) groups excluding carboxylic acids is 2. The van der Waals surface area contributed by atoms with Crippen molar-refractivity contribution < 1.29 is 19.1 Å². The van der Waals surface area contributed by atoms with Crippen molar-refractivity contribution in [2.45, 2.75) is 90.9 Å². The van der Waals surface area contributed by atoms with E-state index in [1.54, 1.807) is 12.1 Å². The van der Waals surface area contributed by atoms with Crippen LogP contribution in [0.2, 0.25) is 0 Å². The number of benzene rings is 1. The Kier molecular flexibility index (Phi) is 13.1. The van der Waals surface area contributed by atoms with E-state index in [1.807, 2.05) is 19.1 Å². The van der Waals surface area contributed by atoms with E-state index >= 15 is 0 Å². The summed E-state index contributed by atoms with van der Waals surface area (Å²) in [7, 11) is 0. The Morgan fingerprint density at radius 1 is 0.815 bits per heavy atom. The van der Waals surface area contributed by atoms with Gasteiger partial charge in [-0.05, 0) is 31.0 Å². The average molecular weight is 377 g/mol. The van der Waals surface area contributed by atoms with Crippen molar-refractivity contribution in [3.05, 3.63) is 29.8 Å². The van der Waals surface area contributed by atoms with E-state index < -0.39 is 5.97 Å². The number of ether oxygens (including phenoxy) is 2. The van der Waals surface area contributed by atoms with Crippen LogP contribution in [0.1, 0.15) is 89.5 Å². The molecule has 1 aromatic carbocycles. The molecule has 152 valence electrons. The van der Waals surface area contributed by atoms with Crippen LogP contribution in [0.4, 0.5) is 0 Å². The molecular weight excluding hydrogens is 340 g/mol. The number of rotatable bonds is 15. The molecular formula is C23H36O4. The summed E-state index contributed by atoms with van der Waals surface area (Å²) >= 11 is 0. The van der Waals surface area contributed by atoms with Gasteiger partial charge in [-0.1, -0.05) is 76.8 Å². The lowest BCUT2D eigenvalue weighted by Gasteiger charge is -2.06. The lowest BCUT2D eigenvalue weighted by molar-refractivity contribution is -0.147. The van der Waals surface area contributed by atoms with Gasteiger partial charge in [0.25, 0.3) is 0 Å². The maximum absolute atomic E-state index is 11.8. The second kappa shape index (κ2) is 15.2. The zero-order valence-corrected chi connectivity index (χ0v) is 17.1. The zero-order valence-electron chi connectivity index (χ0n) is 17.1. The average Bonchev–Trinajstić information content (AvgIpc) is 2.64. The van der Waals surface area contributed by atoms with Gasteiger partial charge in [-0.2, -0.15) is 0 Å². The summed E-state index contributed by atoms with van der Waals surface area (Å²) in [5.74, 6) is -0.220. The Hall–Kier alpha value is -1.84. The number of carbonyl (C=O) groups is 2. The van der Waals surface area contributed by atoms with Crippen molar-refractivity contribution >= 4 is 11.9 Å². The van der Waals surface area contributed by atoms with Gasteiger partial charge < -0.3 is 9.47 Å². The summed E-state index contributed by atoms with van der Waals surface area (Å²) in [6.45, 7) is 4.62. The molecule has 0 unspecified atom stereocenters. The Labute approximate surface area is 164 Å². The molecule has 27 heavy (non-hydrogen) atoms. The fraction of sp³-hybridized carbons (Fsp3) is 0.652. The van der Waals surface area contributed by atoms with Gasteiger partial charge in [0.2, 0.25) is 0 Å². The highest BCUT2D eigenvalue weighted by Crippen LogP contribution is 2.14. The second-order valence-corrected chi connectivity index (χ2v) is 7.19. The summed E-state index contributed by atoms with van der Waals surface area (Å²) in [6, 6.07) is 7.29. The topological polar surface area (TPSA) is 52.6 Å². The van der Waals surface area contributed by atoms with E-state index in [0.29, 0.717) is 12.4 Å². The van der Waals surface area contributed by atoms with Crippen molar-refractivity contribution in [2.75, 3.05) is 6.61 Å². The van der Waals surface area contributed by atoms with Crippen molar-refractivity contribution in [3.63, 3.8) is 0 Å². The number of unbranched alkanes of at least 4 members (excludes halogenated alkanes) is 9. The van der Waals surface area contributed by atoms with Crippen LogP contribution >= 0.6 is 0 Å². The van der Waals surface area contributed by atoms with Crippen molar-refractivity contribution in [1.82, 2.24) is 0 Å². The molecule has 0 radical (unpaired) electrons. The van der Waals surface area contributed by atoms with Gasteiger partial charge in [0, 0.05) is 0 Å². The molecule has 0 saturated heterocycles. The normalized spacial score (nSPS) is 10.6. The summed E-state index contributed by atoms with van der Waals surface area (Å²) < 4.78 is 10.4. The Morgan fingerprint density at radius 3 is 2.04 bits per heavy atom. The van der Waals surface area contributed by atoms with Gasteiger partial charge in [0.05, 0.1) is 19.4 Å². The first-order chi connectivity index (χ1) is 13.1. The Bertz CT molecular complexity index is 539. The predicted molar refractivity (Wildman–Crippen MR) is 109 cm³/mol. The highest BCUT2D eigenvalue weighted by Gasteiger charge is 2.10. The van der Waals surface area contributed by atoms with Crippen LogP contribution in [0.3, 0.4) is 0 Å². The molecule has 0 heterocycles. The first-order valence-corrected chi connectivity index (χ1v) is 10.5. The van der Waals surface area contributed by atoms with E-state index in [2.05, 4.69) is 6.92 Å². The van der Waals surface area contributed by atoms with E-state index in [-0.39, 0.29) is 18.8 Å². The third kappa shape index (κ3) is 13.0. The predicted octanol–water partition coefficient (Wildman–Crippen LogP) is 6.14. The quantitative estimate of drug-likeness (QED) is 0.209. The lowest BCUT2D eigenvalue weighted by atomic mass is 10.1. The summed E-state index contributed by atoms with van der Waals surface area (Å²) in [4.78, 5) is 23.4. The van der Waals surface area contributed by atoms with Crippen molar-refractivity contribution in [3.8, 4) is 5.75 Å². The molecule has 0 bridgehead atoms. The molecule has 1 aromatic rings. The van der Waals surface area contributed by atoms with Gasteiger partial charge in [-0.3, -0.25) is 9.59 Å². The molecule has 0 amide bonds. The Morgan fingerprint density at radius 2 is 1.41 bits per heavy atom. The molecule has 4 nitrogen and oxygen atoms in total. The molecule has 0 aliphatic heterocycles. The van der Waals surface area contributed by atoms with Gasteiger partial charge in [-0.25, -0.2) is 0 Å². The van der Waals surface area contributed by atoms with Crippen LogP contribution in [0.25, 0.3) is 0 Å². The first kappa shape index (κ1) is 23.2. The molecule has 1 rings (SSSR count). The van der Waals surface area contributed by atoms with Gasteiger partial charge in [-0.15, -0.1) is 0 Å². The Balaban J connectivity index is 1.94. The lowest BCUT2D eigenvalue weighted by Crippen LogP contribution is -2.12. The van der Waals surface area contributed by atoms with Gasteiger partial charge >= 0.3 is 11.9 Å². The smallest absolute Gasteiger partial charge is 0.311 e. The fourth-order valence-electron chi connectivity index (χ4n) is 2.91. The number of aryl methyl sites for hydroxylation is 1. The molecule has 0 fully saturated rings. The van der Waals surface area contributed by atoms with Gasteiger partial charge in [0.15, 0.2) is 0 Å². The van der Waals surface area contributed by atoms with Crippen LogP contribution in [0.5, 0.6) is 5.75 Å². The minimum Gasteiger partial charge on any atom is -0.466 e. The van der Waals surface area contributed by atoms with Crippen LogP contribution in [-0.4, -0.2) is 18.5 Å². The number of hydrogen-bond donors (Lipinski definition) is 0. The summed E-state index contributed by atoms with van der Waals surface area (Å²) in [5.41, 5.74) is 1.02. The summed E-state index contributed by atoms with van der Waals surface area (Å²) in [5, 5.41) is 0. The third-order valence-corrected chi connectivity index (χ3v) is 4.52. The van der Waals surface area contributed by atoms with Crippen molar-refractivity contribution in [2.24, 2.45) is 0 Å². The SMILES string of the molecule is CCCCCCCCCCCCOC(=O)CCC(=O)Oc1cccc(C)c1. The highest BCUT2D eigenvalue weighted by molar-refractivity contribution is 5.79. The molecule has 0 spiro atoms. The molecule has 0 aliphatic rings. The van der Waals surface area contributed by atoms with E-state index in [4.69, 9.17) is 9.47 Å². The minimum atomic E-state index is -0.406. The number of hydrogen-bond acceptors (Lipinski definition) is 4. The van der Waals surface area contributed by atoms with E-state index in [0.717, 1.165) is 18.4 Å². The highest BCUT2D eigenvalue weighted by atomic mass is 16.5. The standard InChI is InChI=1S/C23H36O4/c1-3-4-5-6-7-8-9-10-11-12-18-26-22(24)16-17-23(25)27-21-15-13-14-20(2)19-21/h13-15,19H,3-12,16-18H2,1-2H3. The molecule has 0 N–H and O–H groups in total. The van der Waals surface area contributed by atoms with Crippen LogP contribution in [0.15, 0.2) is 24.3 Å². The van der Waals surface area contributed by atoms with Crippen LogP contribution < -0.4 is 4.74 Å². The maximum atomic E-state index is 11.8. The molecule has 0 saturated carbocycles. The number of esters is 2. The fourth-order valence-corrected chi connectivity index (χ4v) is 2.91. The van der Waals surface area contributed by atoms with E-state index in [1.165, 1.54) is 51.4 Å². The zero-order chi connectivity index (χ0) is 19.7. The van der Waals surface area contributed by atoms with Gasteiger partial charge in [0.1, 0.15) is 5.75 Å². The first-order valence-electron chi connectivity index (χ1n) is 10.5. The molecule has 0 atom stereocenters. The van der Waals surface area contributed by atoms with Crippen LogP contribution in [-0.2, 0) is 14.3 Å². The summed E-state index contributed by atoms with van der Waals surface area (Å²) in [6.07, 6.45) is 12.6. The molecule has 0 aliphatic carbocycles.